The van der Waals surface area contributed by atoms with E-state index in [0.29, 0.717) is 0 Å². The van der Waals surface area contributed by atoms with Crippen molar-refractivity contribution >= 4 is 12.0 Å². The van der Waals surface area contributed by atoms with Crippen LogP contribution in [-0.4, -0.2) is 40.1 Å². The Kier molecular flexibility index (Phi) is 4.99. The molecule has 1 fully saturated rings. The lowest BCUT2D eigenvalue weighted by Gasteiger charge is -2.39. The number of urea groups is 1. The Hall–Kier alpha value is -1.26. The molecule has 18 heavy (non-hydrogen) atoms. The number of piperidine rings is 1. The van der Waals surface area contributed by atoms with Gasteiger partial charge in [-0.25, -0.2) is 4.79 Å². The van der Waals surface area contributed by atoms with E-state index in [4.69, 9.17) is 5.11 Å². The van der Waals surface area contributed by atoms with Gasteiger partial charge >= 0.3 is 12.0 Å². The molecule has 0 aromatic rings. The van der Waals surface area contributed by atoms with Crippen LogP contribution in [0.3, 0.4) is 0 Å². The summed E-state index contributed by atoms with van der Waals surface area (Å²) in [5.41, 5.74) is 0. The fourth-order valence-electron chi connectivity index (χ4n) is 2.43. The van der Waals surface area contributed by atoms with Gasteiger partial charge in [0.05, 0.1) is 5.92 Å². The predicted molar refractivity (Wildman–Crippen MR) is 69.4 cm³/mol. The number of nitrogens with one attached hydrogen (secondary N) is 1. The van der Waals surface area contributed by atoms with E-state index in [-0.39, 0.29) is 24.2 Å². The second-order valence-electron chi connectivity index (χ2n) is 5.40. The summed E-state index contributed by atoms with van der Waals surface area (Å²) in [5.74, 6) is -1.47. The fraction of sp³-hybridized carbons (Fsp3) is 0.846. The lowest BCUT2D eigenvalue weighted by Crippen LogP contribution is -2.54. The monoisotopic (exact) mass is 256 g/mol. The molecule has 1 aliphatic heterocycles. The summed E-state index contributed by atoms with van der Waals surface area (Å²) in [5, 5.41) is 11.7. The summed E-state index contributed by atoms with van der Waals surface area (Å²) in [6.07, 6.45) is 3.18. The Morgan fingerprint density at radius 1 is 1.22 bits per heavy atom. The second kappa shape index (κ2) is 6.07. The first-order valence-electron chi connectivity index (χ1n) is 6.66. The molecular weight excluding hydrogens is 232 g/mol. The van der Waals surface area contributed by atoms with Crippen LogP contribution >= 0.6 is 0 Å². The van der Waals surface area contributed by atoms with E-state index in [9.17, 15) is 9.59 Å². The van der Waals surface area contributed by atoms with Crippen molar-refractivity contribution in [1.82, 2.24) is 10.2 Å². The van der Waals surface area contributed by atoms with Crippen LogP contribution in [0.1, 0.15) is 47.0 Å². The molecule has 5 heteroatoms. The van der Waals surface area contributed by atoms with Crippen molar-refractivity contribution in [2.24, 2.45) is 5.92 Å². The number of carboxylic acids is 1. The van der Waals surface area contributed by atoms with E-state index in [1.807, 2.05) is 18.7 Å². The summed E-state index contributed by atoms with van der Waals surface area (Å²) >= 11 is 0. The van der Waals surface area contributed by atoms with Crippen LogP contribution in [0, 0.1) is 5.92 Å². The number of hydrogen-bond acceptors (Lipinski definition) is 2. The number of carboxylic acid groups (broad SMARTS) is 1. The number of carbonyl (C=O) groups is 2. The molecule has 4 atom stereocenters. The molecule has 0 saturated carbocycles. The first kappa shape index (κ1) is 14.8. The molecule has 104 valence electrons. The van der Waals surface area contributed by atoms with E-state index in [2.05, 4.69) is 5.32 Å². The molecule has 1 saturated heterocycles. The van der Waals surface area contributed by atoms with Crippen LogP contribution in [0.15, 0.2) is 0 Å². The van der Waals surface area contributed by atoms with Crippen molar-refractivity contribution < 1.29 is 14.7 Å². The molecule has 0 radical (unpaired) electrons. The van der Waals surface area contributed by atoms with Gasteiger partial charge in [0, 0.05) is 18.1 Å². The smallest absolute Gasteiger partial charge is 0.318 e. The van der Waals surface area contributed by atoms with Gasteiger partial charge < -0.3 is 15.3 Å². The van der Waals surface area contributed by atoms with Gasteiger partial charge in [-0.05, 0) is 47.0 Å². The van der Waals surface area contributed by atoms with Crippen molar-refractivity contribution in [2.45, 2.75) is 65.1 Å². The van der Waals surface area contributed by atoms with Gasteiger partial charge in [-0.1, -0.05) is 0 Å². The Morgan fingerprint density at radius 3 is 2.17 bits per heavy atom. The van der Waals surface area contributed by atoms with Crippen molar-refractivity contribution in [3.63, 3.8) is 0 Å². The van der Waals surface area contributed by atoms with Gasteiger partial charge in [0.1, 0.15) is 0 Å². The normalized spacial score (nSPS) is 27.4. The fourth-order valence-corrected chi connectivity index (χ4v) is 2.43. The summed E-state index contributed by atoms with van der Waals surface area (Å²) in [4.78, 5) is 24.9. The number of carbonyl (C=O) groups excluding carboxylic acids is 1. The zero-order chi connectivity index (χ0) is 13.9. The SMILES string of the molecule is CC(NC(=O)N1C(C)CCCC1C)C(C)C(=O)O. The van der Waals surface area contributed by atoms with Gasteiger partial charge in [-0.15, -0.1) is 0 Å². The lowest BCUT2D eigenvalue weighted by molar-refractivity contribution is -0.141. The molecule has 0 spiro atoms. The van der Waals surface area contributed by atoms with Gasteiger partial charge in [-0.2, -0.15) is 0 Å². The van der Waals surface area contributed by atoms with E-state index >= 15 is 0 Å². The van der Waals surface area contributed by atoms with Crippen molar-refractivity contribution in [3.05, 3.63) is 0 Å². The van der Waals surface area contributed by atoms with Crippen LogP contribution in [0.2, 0.25) is 0 Å². The van der Waals surface area contributed by atoms with Gasteiger partial charge in [0.2, 0.25) is 0 Å². The van der Waals surface area contributed by atoms with E-state index in [1.54, 1.807) is 13.8 Å². The molecule has 4 unspecified atom stereocenters. The van der Waals surface area contributed by atoms with Gasteiger partial charge in [-0.3, -0.25) is 4.79 Å². The Bertz CT molecular complexity index is 309. The zero-order valence-electron chi connectivity index (χ0n) is 11.6. The third-order valence-electron chi connectivity index (χ3n) is 3.92. The Morgan fingerprint density at radius 2 is 1.72 bits per heavy atom. The molecule has 0 aliphatic carbocycles. The number of nitrogens with zero attached hydrogens (tertiary/aromatic N) is 1. The van der Waals surface area contributed by atoms with Crippen molar-refractivity contribution in [2.75, 3.05) is 0 Å². The molecule has 1 rings (SSSR count). The van der Waals surface area contributed by atoms with Crippen LogP contribution in [0.4, 0.5) is 4.79 Å². The molecule has 0 bridgehead atoms. The van der Waals surface area contributed by atoms with E-state index < -0.39 is 11.9 Å². The summed E-state index contributed by atoms with van der Waals surface area (Å²) in [6, 6.07) is -0.0613. The molecule has 2 N–H and O–H groups in total. The average molecular weight is 256 g/mol. The van der Waals surface area contributed by atoms with Crippen LogP contribution in [-0.2, 0) is 4.79 Å². The number of amides is 2. The van der Waals surface area contributed by atoms with E-state index in [1.165, 1.54) is 0 Å². The third-order valence-corrected chi connectivity index (χ3v) is 3.92. The number of hydrogen-bond donors (Lipinski definition) is 2. The second-order valence-corrected chi connectivity index (χ2v) is 5.40. The summed E-state index contributed by atoms with van der Waals surface area (Å²) in [7, 11) is 0. The highest BCUT2D eigenvalue weighted by molar-refractivity contribution is 5.77. The highest BCUT2D eigenvalue weighted by atomic mass is 16.4. The minimum atomic E-state index is -0.887. The molecule has 1 aliphatic rings. The highest BCUT2D eigenvalue weighted by Gasteiger charge is 2.31. The molecule has 5 nitrogen and oxygen atoms in total. The van der Waals surface area contributed by atoms with Crippen molar-refractivity contribution in [1.29, 1.82) is 0 Å². The highest BCUT2D eigenvalue weighted by Crippen LogP contribution is 2.22. The number of rotatable bonds is 3. The maximum Gasteiger partial charge on any atom is 0.318 e. The van der Waals surface area contributed by atoms with Gasteiger partial charge in [0.25, 0.3) is 0 Å². The standard InChI is InChI=1S/C13H24N2O3/c1-8-6-5-7-9(2)15(8)13(18)14-11(4)10(3)12(16)17/h8-11H,5-7H2,1-4H3,(H,14,18)(H,16,17). The van der Waals surface area contributed by atoms with Crippen molar-refractivity contribution in [3.8, 4) is 0 Å². The zero-order valence-corrected chi connectivity index (χ0v) is 11.6. The number of likely N-dealkylation sites (tertiary alicyclic amines) is 1. The first-order valence-corrected chi connectivity index (χ1v) is 6.66. The molecular formula is C13H24N2O3. The minimum absolute atomic E-state index is 0.143. The Balaban J connectivity index is 2.61. The van der Waals surface area contributed by atoms with Crippen LogP contribution < -0.4 is 5.32 Å². The lowest BCUT2D eigenvalue weighted by atomic mass is 9.98. The molecule has 0 aromatic heterocycles. The van der Waals surface area contributed by atoms with Gasteiger partial charge in [0.15, 0.2) is 0 Å². The Labute approximate surface area is 109 Å². The maximum absolute atomic E-state index is 12.2. The molecule has 2 amide bonds. The first-order chi connectivity index (χ1) is 8.34. The van der Waals surface area contributed by atoms with Crippen LogP contribution in [0.25, 0.3) is 0 Å². The van der Waals surface area contributed by atoms with E-state index in [0.717, 1.165) is 19.3 Å². The summed E-state index contributed by atoms with van der Waals surface area (Å²) < 4.78 is 0. The largest absolute Gasteiger partial charge is 0.481 e. The topological polar surface area (TPSA) is 69.6 Å². The predicted octanol–water partition coefficient (Wildman–Crippen LogP) is 2.07. The minimum Gasteiger partial charge on any atom is -0.481 e. The molecule has 1 heterocycles. The number of aliphatic carboxylic acids is 1. The maximum atomic E-state index is 12.2. The third kappa shape index (κ3) is 3.37. The van der Waals surface area contributed by atoms with Crippen LogP contribution in [0.5, 0.6) is 0 Å². The summed E-state index contributed by atoms with van der Waals surface area (Å²) in [6.45, 7) is 7.42. The quantitative estimate of drug-likeness (QED) is 0.812. The molecule has 0 aromatic carbocycles. The average Bonchev–Trinajstić information content (AvgIpc) is 2.27.